The number of benzene rings is 2. The average Bonchev–Trinajstić information content (AvgIpc) is 2.47. The Labute approximate surface area is 133 Å². The van der Waals surface area contributed by atoms with E-state index in [2.05, 4.69) is 15.9 Å². The standard InChI is InChI=1S/C17H17BrO3/c1-13(19)20-11-10-15-8-5-9-16(18)17(15)21-12-14-6-3-2-4-7-14/h2-9H,10-12H2,1H3. The number of esters is 1. The van der Waals surface area contributed by atoms with Gasteiger partial charge in [-0.05, 0) is 33.1 Å². The van der Waals surface area contributed by atoms with Crippen molar-refractivity contribution in [2.24, 2.45) is 0 Å². The lowest BCUT2D eigenvalue weighted by Gasteiger charge is -2.13. The number of ether oxygens (including phenoxy) is 2. The van der Waals surface area contributed by atoms with Crippen LogP contribution >= 0.6 is 15.9 Å². The molecule has 0 aliphatic carbocycles. The van der Waals surface area contributed by atoms with E-state index < -0.39 is 0 Å². The fourth-order valence-electron chi connectivity index (χ4n) is 1.95. The predicted octanol–water partition coefficient (Wildman–Crippen LogP) is 4.13. The molecule has 21 heavy (non-hydrogen) atoms. The minimum absolute atomic E-state index is 0.267. The summed E-state index contributed by atoms with van der Waals surface area (Å²) in [5.41, 5.74) is 2.13. The highest BCUT2D eigenvalue weighted by Gasteiger charge is 2.09. The van der Waals surface area contributed by atoms with Gasteiger partial charge in [0.15, 0.2) is 0 Å². The van der Waals surface area contributed by atoms with Gasteiger partial charge in [-0.3, -0.25) is 4.79 Å². The van der Waals surface area contributed by atoms with E-state index in [1.807, 2.05) is 48.5 Å². The van der Waals surface area contributed by atoms with E-state index in [9.17, 15) is 4.79 Å². The van der Waals surface area contributed by atoms with Crippen molar-refractivity contribution < 1.29 is 14.3 Å². The lowest BCUT2D eigenvalue weighted by Crippen LogP contribution is -2.05. The van der Waals surface area contributed by atoms with Gasteiger partial charge >= 0.3 is 5.97 Å². The van der Waals surface area contributed by atoms with Crippen LogP contribution < -0.4 is 4.74 Å². The smallest absolute Gasteiger partial charge is 0.302 e. The van der Waals surface area contributed by atoms with E-state index in [0.717, 1.165) is 21.3 Å². The number of hydrogen-bond donors (Lipinski definition) is 0. The Balaban J connectivity index is 2.05. The molecular formula is C17H17BrO3. The topological polar surface area (TPSA) is 35.5 Å². The summed E-state index contributed by atoms with van der Waals surface area (Å²) < 4.78 is 11.8. The SMILES string of the molecule is CC(=O)OCCc1cccc(Br)c1OCc1ccccc1. The fraction of sp³-hybridized carbons (Fsp3) is 0.235. The molecule has 0 aromatic heterocycles. The Morgan fingerprint density at radius 1 is 1.10 bits per heavy atom. The van der Waals surface area contributed by atoms with Crippen LogP contribution in [0.25, 0.3) is 0 Å². The molecule has 0 spiro atoms. The summed E-state index contributed by atoms with van der Waals surface area (Å²) in [5.74, 6) is 0.533. The van der Waals surface area contributed by atoms with Gasteiger partial charge in [0, 0.05) is 13.3 Å². The summed E-state index contributed by atoms with van der Waals surface area (Å²) in [5, 5.41) is 0. The molecule has 0 aliphatic rings. The number of para-hydroxylation sites is 1. The van der Waals surface area contributed by atoms with Crippen molar-refractivity contribution in [3.63, 3.8) is 0 Å². The minimum atomic E-state index is -0.267. The molecule has 0 fully saturated rings. The summed E-state index contributed by atoms with van der Waals surface area (Å²) in [6, 6.07) is 15.9. The molecule has 0 aliphatic heterocycles. The zero-order chi connectivity index (χ0) is 15.1. The molecular weight excluding hydrogens is 332 g/mol. The van der Waals surface area contributed by atoms with Crippen LogP contribution in [0.2, 0.25) is 0 Å². The van der Waals surface area contributed by atoms with Gasteiger partial charge in [0.05, 0.1) is 11.1 Å². The van der Waals surface area contributed by atoms with Crippen molar-refractivity contribution in [3.05, 3.63) is 64.1 Å². The lowest BCUT2D eigenvalue weighted by molar-refractivity contribution is -0.140. The molecule has 0 bridgehead atoms. The van der Waals surface area contributed by atoms with Gasteiger partial charge in [0.2, 0.25) is 0 Å². The van der Waals surface area contributed by atoms with Crippen LogP contribution in [0.4, 0.5) is 0 Å². The predicted molar refractivity (Wildman–Crippen MR) is 85.3 cm³/mol. The molecule has 110 valence electrons. The maximum atomic E-state index is 10.8. The normalized spacial score (nSPS) is 10.2. The number of carbonyl (C=O) groups excluding carboxylic acids is 1. The van der Waals surface area contributed by atoms with Crippen LogP contribution in [0.15, 0.2) is 53.0 Å². The number of carbonyl (C=O) groups is 1. The third kappa shape index (κ3) is 4.90. The highest BCUT2D eigenvalue weighted by atomic mass is 79.9. The Kier molecular flexibility index (Phi) is 5.81. The van der Waals surface area contributed by atoms with Crippen molar-refractivity contribution in [3.8, 4) is 5.75 Å². The first-order valence-corrected chi connectivity index (χ1v) is 7.53. The summed E-state index contributed by atoms with van der Waals surface area (Å²) in [4.78, 5) is 10.8. The van der Waals surface area contributed by atoms with Gasteiger partial charge in [-0.1, -0.05) is 42.5 Å². The first kappa shape index (κ1) is 15.6. The molecule has 2 rings (SSSR count). The van der Waals surface area contributed by atoms with E-state index >= 15 is 0 Å². The number of rotatable bonds is 6. The molecule has 0 saturated carbocycles. The molecule has 0 atom stereocenters. The molecule has 4 heteroatoms. The van der Waals surface area contributed by atoms with Crippen LogP contribution in [-0.2, 0) is 22.6 Å². The maximum Gasteiger partial charge on any atom is 0.302 e. The Morgan fingerprint density at radius 3 is 2.57 bits per heavy atom. The highest BCUT2D eigenvalue weighted by Crippen LogP contribution is 2.30. The van der Waals surface area contributed by atoms with E-state index in [-0.39, 0.29) is 5.97 Å². The second-order valence-corrected chi connectivity index (χ2v) is 5.45. The molecule has 0 radical (unpaired) electrons. The molecule has 3 nitrogen and oxygen atoms in total. The largest absolute Gasteiger partial charge is 0.487 e. The summed E-state index contributed by atoms with van der Waals surface area (Å²) in [6.07, 6.45) is 0.628. The van der Waals surface area contributed by atoms with Crippen molar-refractivity contribution in [1.29, 1.82) is 0 Å². The maximum absolute atomic E-state index is 10.8. The first-order chi connectivity index (χ1) is 10.2. The van der Waals surface area contributed by atoms with Crippen molar-refractivity contribution >= 4 is 21.9 Å². The monoisotopic (exact) mass is 348 g/mol. The molecule has 2 aromatic rings. The fourth-order valence-corrected chi connectivity index (χ4v) is 2.47. The summed E-state index contributed by atoms with van der Waals surface area (Å²) >= 11 is 3.51. The Morgan fingerprint density at radius 2 is 1.86 bits per heavy atom. The van der Waals surface area contributed by atoms with Gasteiger partial charge in [-0.25, -0.2) is 0 Å². The zero-order valence-electron chi connectivity index (χ0n) is 11.8. The van der Waals surface area contributed by atoms with E-state index in [0.29, 0.717) is 19.6 Å². The van der Waals surface area contributed by atoms with Crippen LogP contribution in [-0.4, -0.2) is 12.6 Å². The molecule has 2 aromatic carbocycles. The highest BCUT2D eigenvalue weighted by molar-refractivity contribution is 9.10. The number of hydrogen-bond acceptors (Lipinski definition) is 3. The van der Waals surface area contributed by atoms with Gasteiger partial charge in [0.1, 0.15) is 12.4 Å². The first-order valence-electron chi connectivity index (χ1n) is 6.74. The second-order valence-electron chi connectivity index (χ2n) is 4.59. The van der Waals surface area contributed by atoms with Gasteiger partial charge in [-0.2, -0.15) is 0 Å². The molecule has 0 saturated heterocycles. The lowest BCUT2D eigenvalue weighted by atomic mass is 10.1. The number of halogens is 1. The van der Waals surface area contributed by atoms with Gasteiger partial charge in [0.25, 0.3) is 0 Å². The Bertz CT molecular complexity index is 596. The third-order valence-electron chi connectivity index (χ3n) is 2.95. The third-order valence-corrected chi connectivity index (χ3v) is 3.58. The van der Waals surface area contributed by atoms with E-state index in [1.165, 1.54) is 6.92 Å². The second kappa shape index (κ2) is 7.84. The van der Waals surface area contributed by atoms with Gasteiger partial charge < -0.3 is 9.47 Å². The van der Waals surface area contributed by atoms with E-state index in [4.69, 9.17) is 9.47 Å². The van der Waals surface area contributed by atoms with Gasteiger partial charge in [-0.15, -0.1) is 0 Å². The zero-order valence-corrected chi connectivity index (χ0v) is 13.4. The van der Waals surface area contributed by atoms with Crippen molar-refractivity contribution in [2.45, 2.75) is 20.0 Å². The van der Waals surface area contributed by atoms with E-state index in [1.54, 1.807) is 0 Å². The van der Waals surface area contributed by atoms with Crippen molar-refractivity contribution in [2.75, 3.05) is 6.61 Å². The molecule has 0 amide bonds. The Hall–Kier alpha value is -1.81. The molecule has 0 unspecified atom stereocenters. The summed E-state index contributed by atoms with van der Waals surface area (Å²) in [7, 11) is 0. The van der Waals surface area contributed by atoms with Crippen LogP contribution in [0.3, 0.4) is 0 Å². The molecule has 0 N–H and O–H groups in total. The summed E-state index contributed by atoms with van der Waals surface area (Å²) in [6.45, 7) is 2.27. The molecule has 0 heterocycles. The van der Waals surface area contributed by atoms with Crippen LogP contribution in [0, 0.1) is 0 Å². The quantitative estimate of drug-likeness (QED) is 0.736. The minimum Gasteiger partial charge on any atom is -0.487 e. The van der Waals surface area contributed by atoms with Crippen molar-refractivity contribution in [1.82, 2.24) is 0 Å². The van der Waals surface area contributed by atoms with Crippen LogP contribution in [0.5, 0.6) is 5.75 Å². The van der Waals surface area contributed by atoms with Crippen LogP contribution in [0.1, 0.15) is 18.1 Å². The average molecular weight is 349 g/mol.